The Bertz CT molecular complexity index is 739. The lowest BCUT2D eigenvalue weighted by Gasteiger charge is -2.10. The summed E-state index contributed by atoms with van der Waals surface area (Å²) in [6.45, 7) is 0. The maximum absolute atomic E-state index is 5.90. The molecule has 0 fully saturated rings. The van der Waals surface area contributed by atoms with Crippen LogP contribution in [0.3, 0.4) is 0 Å². The number of aromatic nitrogens is 1. The molecule has 2 aromatic carbocycles. The normalized spacial score (nSPS) is 10.4. The van der Waals surface area contributed by atoms with Crippen molar-refractivity contribution in [3.63, 3.8) is 0 Å². The van der Waals surface area contributed by atoms with Crippen LogP contribution in [0.25, 0.3) is 10.9 Å². The number of ether oxygens (including phenoxy) is 2. The molecule has 2 N–H and O–H groups in total. The molecule has 0 atom stereocenters. The van der Waals surface area contributed by atoms with E-state index in [9.17, 15) is 0 Å². The van der Waals surface area contributed by atoms with Gasteiger partial charge in [-0.25, -0.2) is 4.98 Å². The van der Waals surface area contributed by atoms with E-state index >= 15 is 0 Å². The van der Waals surface area contributed by atoms with Gasteiger partial charge >= 0.3 is 0 Å². The molecule has 1 aromatic heterocycles. The van der Waals surface area contributed by atoms with Gasteiger partial charge in [-0.3, -0.25) is 0 Å². The van der Waals surface area contributed by atoms with E-state index in [0.29, 0.717) is 11.6 Å². The van der Waals surface area contributed by atoms with Gasteiger partial charge in [0, 0.05) is 11.5 Å². The van der Waals surface area contributed by atoms with Crippen LogP contribution in [0.15, 0.2) is 54.6 Å². The third-order valence-electron chi connectivity index (χ3n) is 2.99. The number of fused-ring (bicyclic) bond motifs is 1. The van der Waals surface area contributed by atoms with Crippen molar-refractivity contribution in [2.24, 2.45) is 0 Å². The van der Waals surface area contributed by atoms with Gasteiger partial charge in [0.25, 0.3) is 0 Å². The number of methoxy groups -OCH3 is 1. The molecule has 3 aromatic rings. The van der Waals surface area contributed by atoms with E-state index in [1.54, 1.807) is 13.2 Å². The summed E-state index contributed by atoms with van der Waals surface area (Å²) in [5.74, 6) is 2.64. The molecule has 0 saturated carbocycles. The molecule has 4 heteroatoms. The second kappa shape index (κ2) is 5.09. The number of rotatable bonds is 3. The van der Waals surface area contributed by atoms with Crippen LogP contribution in [-0.2, 0) is 0 Å². The molecule has 1 heterocycles. The zero-order valence-electron chi connectivity index (χ0n) is 11.0. The Morgan fingerprint density at radius 1 is 0.950 bits per heavy atom. The number of hydrogen-bond acceptors (Lipinski definition) is 4. The number of nitrogens with zero attached hydrogens (tertiary/aromatic N) is 1. The maximum Gasteiger partial charge on any atom is 0.140 e. The number of nitrogens with two attached hydrogens (primary N) is 1. The van der Waals surface area contributed by atoms with Crippen molar-refractivity contribution in [1.29, 1.82) is 0 Å². The van der Waals surface area contributed by atoms with Crippen molar-refractivity contribution in [3.05, 3.63) is 54.6 Å². The van der Waals surface area contributed by atoms with E-state index in [2.05, 4.69) is 4.98 Å². The lowest BCUT2D eigenvalue weighted by molar-refractivity contribution is 0.413. The molecular weight excluding hydrogens is 252 g/mol. The molecule has 3 rings (SSSR count). The van der Waals surface area contributed by atoms with Gasteiger partial charge in [0.1, 0.15) is 23.1 Å². The smallest absolute Gasteiger partial charge is 0.140 e. The van der Waals surface area contributed by atoms with Crippen molar-refractivity contribution >= 4 is 16.7 Å². The lowest BCUT2D eigenvalue weighted by Crippen LogP contribution is -1.94. The molecule has 0 radical (unpaired) electrons. The van der Waals surface area contributed by atoms with E-state index in [0.717, 1.165) is 22.4 Å². The lowest BCUT2D eigenvalue weighted by atomic mass is 10.2. The van der Waals surface area contributed by atoms with Gasteiger partial charge in [0.15, 0.2) is 0 Å². The summed E-state index contributed by atoms with van der Waals surface area (Å²) < 4.78 is 11.0. The van der Waals surface area contributed by atoms with Crippen molar-refractivity contribution in [2.45, 2.75) is 0 Å². The molecule has 0 amide bonds. The predicted molar refractivity (Wildman–Crippen MR) is 79.2 cm³/mol. The molecule has 0 saturated heterocycles. The third-order valence-corrected chi connectivity index (χ3v) is 2.99. The average molecular weight is 266 g/mol. The third kappa shape index (κ3) is 2.36. The molecule has 20 heavy (non-hydrogen) atoms. The summed E-state index contributed by atoms with van der Waals surface area (Å²) in [7, 11) is 1.63. The van der Waals surface area contributed by atoms with E-state index < -0.39 is 0 Å². The minimum Gasteiger partial charge on any atom is -0.497 e. The number of anilines is 1. The number of nitrogen functional groups attached to an aromatic ring is 1. The minimum absolute atomic E-state index is 0.437. The van der Waals surface area contributed by atoms with Gasteiger partial charge in [0.2, 0.25) is 0 Å². The van der Waals surface area contributed by atoms with E-state index in [4.69, 9.17) is 15.2 Å². The van der Waals surface area contributed by atoms with Gasteiger partial charge < -0.3 is 15.2 Å². The van der Waals surface area contributed by atoms with E-state index in [1.807, 2.05) is 48.5 Å². The molecule has 0 aliphatic carbocycles. The molecule has 100 valence electrons. The maximum atomic E-state index is 5.90. The van der Waals surface area contributed by atoms with Crippen LogP contribution in [-0.4, -0.2) is 12.1 Å². The number of benzene rings is 2. The first kappa shape index (κ1) is 12.3. The zero-order valence-corrected chi connectivity index (χ0v) is 11.0. The van der Waals surface area contributed by atoms with Crippen LogP contribution in [0, 0.1) is 0 Å². The summed E-state index contributed by atoms with van der Waals surface area (Å²) in [5.41, 5.74) is 6.63. The second-order valence-corrected chi connectivity index (χ2v) is 4.34. The fourth-order valence-corrected chi connectivity index (χ4v) is 2.02. The van der Waals surface area contributed by atoms with E-state index in [-0.39, 0.29) is 0 Å². The summed E-state index contributed by atoms with van der Waals surface area (Å²) in [6, 6.07) is 16.9. The molecule has 0 bridgehead atoms. The van der Waals surface area contributed by atoms with Crippen LogP contribution in [0.5, 0.6) is 17.2 Å². The fraction of sp³-hybridized carbons (Fsp3) is 0.0625. The summed E-state index contributed by atoms with van der Waals surface area (Å²) >= 11 is 0. The highest BCUT2D eigenvalue weighted by molar-refractivity contribution is 5.86. The highest BCUT2D eigenvalue weighted by Crippen LogP contribution is 2.31. The largest absolute Gasteiger partial charge is 0.497 e. The minimum atomic E-state index is 0.437. The number of para-hydroxylation sites is 1. The standard InChI is InChI=1S/C16H14N2O2/c1-19-11-6-8-12(9-7-11)20-15-10-16(17)18-14-5-3-2-4-13(14)15/h2-10H,1H3,(H2,17,18). The Morgan fingerprint density at radius 2 is 1.65 bits per heavy atom. The highest BCUT2D eigenvalue weighted by Gasteiger charge is 2.06. The Kier molecular flexibility index (Phi) is 3.13. The van der Waals surface area contributed by atoms with Crippen molar-refractivity contribution in [3.8, 4) is 17.2 Å². The van der Waals surface area contributed by atoms with Crippen LogP contribution >= 0.6 is 0 Å². The first-order chi connectivity index (χ1) is 9.76. The average Bonchev–Trinajstić information content (AvgIpc) is 2.48. The van der Waals surface area contributed by atoms with Crippen molar-refractivity contribution in [2.75, 3.05) is 12.8 Å². The molecule has 0 spiro atoms. The zero-order chi connectivity index (χ0) is 13.9. The van der Waals surface area contributed by atoms with Gasteiger partial charge in [0.05, 0.1) is 12.6 Å². The van der Waals surface area contributed by atoms with Gasteiger partial charge in [-0.15, -0.1) is 0 Å². The number of pyridine rings is 1. The van der Waals surface area contributed by atoms with Crippen LogP contribution in [0.4, 0.5) is 5.82 Å². The van der Waals surface area contributed by atoms with Gasteiger partial charge in [-0.05, 0) is 36.4 Å². The molecule has 4 nitrogen and oxygen atoms in total. The highest BCUT2D eigenvalue weighted by atomic mass is 16.5. The SMILES string of the molecule is COc1ccc(Oc2cc(N)nc3ccccc23)cc1. The van der Waals surface area contributed by atoms with Gasteiger partial charge in [-0.1, -0.05) is 12.1 Å². The Hall–Kier alpha value is -2.75. The van der Waals surface area contributed by atoms with Crippen LogP contribution in [0.1, 0.15) is 0 Å². The Balaban J connectivity index is 2.01. The number of hydrogen-bond donors (Lipinski definition) is 1. The predicted octanol–water partition coefficient (Wildman–Crippen LogP) is 3.62. The molecule has 0 aliphatic rings. The molecular formula is C16H14N2O2. The Morgan fingerprint density at radius 3 is 2.40 bits per heavy atom. The summed E-state index contributed by atoms with van der Waals surface area (Å²) in [6.07, 6.45) is 0. The quantitative estimate of drug-likeness (QED) is 0.786. The fourth-order valence-electron chi connectivity index (χ4n) is 2.02. The first-order valence-corrected chi connectivity index (χ1v) is 6.23. The van der Waals surface area contributed by atoms with Crippen LogP contribution in [0.2, 0.25) is 0 Å². The molecule has 0 aliphatic heterocycles. The Labute approximate surface area is 116 Å². The van der Waals surface area contributed by atoms with Crippen LogP contribution < -0.4 is 15.2 Å². The topological polar surface area (TPSA) is 57.4 Å². The first-order valence-electron chi connectivity index (χ1n) is 6.23. The van der Waals surface area contributed by atoms with Crippen molar-refractivity contribution in [1.82, 2.24) is 4.98 Å². The second-order valence-electron chi connectivity index (χ2n) is 4.34. The summed E-state index contributed by atoms with van der Waals surface area (Å²) in [4.78, 5) is 4.28. The summed E-state index contributed by atoms with van der Waals surface area (Å²) in [5, 5.41) is 0.928. The monoisotopic (exact) mass is 266 g/mol. The van der Waals surface area contributed by atoms with Gasteiger partial charge in [-0.2, -0.15) is 0 Å². The molecule has 0 unspecified atom stereocenters. The van der Waals surface area contributed by atoms with E-state index in [1.165, 1.54) is 0 Å². The van der Waals surface area contributed by atoms with Crippen molar-refractivity contribution < 1.29 is 9.47 Å².